The van der Waals surface area contributed by atoms with Crippen LogP contribution < -0.4 is 20.9 Å². The molecule has 1 atom stereocenters. The molecule has 7 nitrogen and oxygen atoms in total. The summed E-state index contributed by atoms with van der Waals surface area (Å²) in [6.07, 6.45) is -0.0978. The second kappa shape index (κ2) is 8.08. The van der Waals surface area contributed by atoms with Gasteiger partial charge in [-0.1, -0.05) is 12.1 Å². The van der Waals surface area contributed by atoms with E-state index in [1.165, 1.54) is 12.1 Å². The first-order valence-electron chi connectivity index (χ1n) is 8.71. The SMILES string of the molecule is Cc1cc(C)cc(OCC(=O)NNC(=O)[C@@H]2CC(=O)Nc3cc(F)ccc32)c1. The first-order valence-corrected chi connectivity index (χ1v) is 8.71. The van der Waals surface area contributed by atoms with E-state index >= 15 is 0 Å². The Morgan fingerprint density at radius 1 is 1.14 bits per heavy atom. The first-order chi connectivity index (χ1) is 13.3. The Morgan fingerprint density at radius 2 is 1.86 bits per heavy atom. The highest BCUT2D eigenvalue weighted by Crippen LogP contribution is 2.32. The number of carbonyl (C=O) groups is 3. The summed E-state index contributed by atoms with van der Waals surface area (Å²) in [7, 11) is 0. The van der Waals surface area contributed by atoms with E-state index in [9.17, 15) is 18.8 Å². The van der Waals surface area contributed by atoms with Gasteiger partial charge in [0.25, 0.3) is 5.91 Å². The van der Waals surface area contributed by atoms with Gasteiger partial charge in [0.05, 0.1) is 5.92 Å². The summed E-state index contributed by atoms with van der Waals surface area (Å²) in [6, 6.07) is 9.40. The Bertz CT molecular complexity index is 925. The van der Waals surface area contributed by atoms with Crippen LogP contribution in [0.4, 0.5) is 10.1 Å². The minimum absolute atomic E-state index is 0.0978. The van der Waals surface area contributed by atoms with Crippen LogP contribution in [-0.4, -0.2) is 24.3 Å². The number of hydrazine groups is 1. The van der Waals surface area contributed by atoms with Gasteiger partial charge in [-0.3, -0.25) is 25.2 Å². The quantitative estimate of drug-likeness (QED) is 0.702. The van der Waals surface area contributed by atoms with E-state index in [0.717, 1.165) is 17.2 Å². The highest BCUT2D eigenvalue weighted by Gasteiger charge is 2.31. The molecule has 146 valence electrons. The number of anilines is 1. The zero-order chi connectivity index (χ0) is 20.3. The van der Waals surface area contributed by atoms with Gasteiger partial charge in [-0.2, -0.15) is 0 Å². The molecular formula is C20H20FN3O4. The highest BCUT2D eigenvalue weighted by atomic mass is 19.1. The van der Waals surface area contributed by atoms with E-state index in [2.05, 4.69) is 16.2 Å². The normalized spacial score (nSPS) is 15.2. The molecule has 0 radical (unpaired) electrons. The molecule has 2 aromatic rings. The second-order valence-electron chi connectivity index (χ2n) is 6.69. The van der Waals surface area contributed by atoms with Crippen molar-refractivity contribution in [2.24, 2.45) is 0 Å². The van der Waals surface area contributed by atoms with Crippen LogP contribution in [0.15, 0.2) is 36.4 Å². The van der Waals surface area contributed by atoms with E-state index in [1.807, 2.05) is 19.9 Å². The summed E-state index contributed by atoms with van der Waals surface area (Å²) in [4.78, 5) is 36.2. The fraction of sp³-hybridized carbons (Fsp3) is 0.250. The zero-order valence-corrected chi connectivity index (χ0v) is 15.5. The molecule has 2 aromatic carbocycles. The Hall–Kier alpha value is -3.42. The van der Waals surface area contributed by atoms with Crippen molar-refractivity contribution in [2.75, 3.05) is 11.9 Å². The Morgan fingerprint density at radius 3 is 2.57 bits per heavy atom. The predicted molar refractivity (Wildman–Crippen MR) is 100 cm³/mol. The summed E-state index contributed by atoms with van der Waals surface area (Å²) >= 11 is 0. The molecule has 0 saturated heterocycles. The van der Waals surface area contributed by atoms with Crippen molar-refractivity contribution in [3.8, 4) is 5.75 Å². The van der Waals surface area contributed by atoms with Gasteiger partial charge in [0.1, 0.15) is 11.6 Å². The molecule has 1 heterocycles. The van der Waals surface area contributed by atoms with Crippen molar-refractivity contribution in [3.63, 3.8) is 0 Å². The molecule has 0 bridgehead atoms. The topological polar surface area (TPSA) is 96.5 Å². The number of carbonyl (C=O) groups excluding carboxylic acids is 3. The van der Waals surface area contributed by atoms with Crippen LogP contribution in [0, 0.1) is 19.7 Å². The van der Waals surface area contributed by atoms with Crippen LogP contribution in [0.3, 0.4) is 0 Å². The van der Waals surface area contributed by atoms with Gasteiger partial charge in [0.15, 0.2) is 6.61 Å². The summed E-state index contributed by atoms with van der Waals surface area (Å²) in [5.74, 6) is -2.31. The number of fused-ring (bicyclic) bond motifs is 1. The van der Waals surface area contributed by atoms with E-state index in [4.69, 9.17) is 4.74 Å². The predicted octanol–water partition coefficient (Wildman–Crippen LogP) is 2.09. The van der Waals surface area contributed by atoms with Crippen molar-refractivity contribution < 1.29 is 23.5 Å². The van der Waals surface area contributed by atoms with Gasteiger partial charge in [-0.15, -0.1) is 0 Å². The zero-order valence-electron chi connectivity index (χ0n) is 15.5. The molecule has 1 aliphatic heterocycles. The van der Waals surface area contributed by atoms with Crippen LogP contribution >= 0.6 is 0 Å². The number of hydrogen-bond donors (Lipinski definition) is 3. The Labute approximate surface area is 161 Å². The maximum Gasteiger partial charge on any atom is 0.276 e. The van der Waals surface area contributed by atoms with E-state index in [0.29, 0.717) is 11.3 Å². The lowest BCUT2D eigenvalue weighted by Crippen LogP contribution is -2.47. The molecule has 8 heteroatoms. The third kappa shape index (κ3) is 4.64. The van der Waals surface area contributed by atoms with E-state index < -0.39 is 29.5 Å². The summed E-state index contributed by atoms with van der Waals surface area (Å²) in [5.41, 5.74) is 7.32. The average Bonchev–Trinajstić information content (AvgIpc) is 2.62. The number of hydrogen-bond acceptors (Lipinski definition) is 4. The van der Waals surface area contributed by atoms with Crippen molar-refractivity contribution in [1.82, 2.24) is 10.9 Å². The highest BCUT2D eigenvalue weighted by molar-refractivity contribution is 6.01. The largest absolute Gasteiger partial charge is 0.484 e. The van der Waals surface area contributed by atoms with Gasteiger partial charge in [-0.05, 0) is 54.8 Å². The maximum atomic E-state index is 13.4. The number of aryl methyl sites for hydroxylation is 2. The third-order valence-corrected chi connectivity index (χ3v) is 4.26. The van der Waals surface area contributed by atoms with Crippen LogP contribution in [-0.2, 0) is 14.4 Å². The molecule has 1 aliphatic rings. The molecule has 0 aromatic heterocycles. The lowest BCUT2D eigenvalue weighted by molar-refractivity contribution is -0.131. The van der Waals surface area contributed by atoms with Gasteiger partial charge in [0, 0.05) is 12.1 Å². The number of halogens is 1. The molecule has 0 fully saturated rings. The fourth-order valence-electron chi connectivity index (χ4n) is 3.09. The number of amides is 3. The van der Waals surface area contributed by atoms with Crippen molar-refractivity contribution >= 4 is 23.4 Å². The molecule has 0 unspecified atom stereocenters. The van der Waals surface area contributed by atoms with Crippen LogP contribution in [0.1, 0.15) is 29.0 Å². The number of ether oxygens (including phenoxy) is 1. The summed E-state index contributed by atoms with van der Waals surface area (Å²) < 4.78 is 18.8. The van der Waals surface area contributed by atoms with Crippen LogP contribution in [0.5, 0.6) is 5.75 Å². The maximum absolute atomic E-state index is 13.4. The summed E-state index contributed by atoms with van der Waals surface area (Å²) in [5, 5.41) is 2.53. The third-order valence-electron chi connectivity index (χ3n) is 4.26. The standard InChI is InChI=1S/C20H20FN3O4/c1-11-5-12(2)7-14(6-11)28-10-19(26)23-24-20(27)16-9-18(25)22-17-8-13(21)3-4-15(16)17/h3-8,16H,9-10H2,1-2H3,(H,22,25)(H,23,26)(H,24,27)/t16-/m1/s1. The monoisotopic (exact) mass is 385 g/mol. The van der Waals surface area contributed by atoms with Gasteiger partial charge in [0.2, 0.25) is 11.8 Å². The molecule has 0 aliphatic carbocycles. The Kier molecular flexibility index (Phi) is 5.58. The van der Waals surface area contributed by atoms with Gasteiger partial charge < -0.3 is 10.1 Å². The number of benzene rings is 2. The number of rotatable bonds is 4. The van der Waals surface area contributed by atoms with Gasteiger partial charge in [-0.25, -0.2) is 4.39 Å². The van der Waals surface area contributed by atoms with Crippen LogP contribution in [0.25, 0.3) is 0 Å². The van der Waals surface area contributed by atoms with Gasteiger partial charge >= 0.3 is 0 Å². The summed E-state index contributed by atoms with van der Waals surface area (Å²) in [6.45, 7) is 3.56. The lowest BCUT2D eigenvalue weighted by atomic mass is 9.90. The van der Waals surface area contributed by atoms with Crippen molar-refractivity contribution in [3.05, 3.63) is 58.9 Å². The van der Waals surface area contributed by atoms with E-state index in [-0.39, 0.29) is 18.7 Å². The van der Waals surface area contributed by atoms with E-state index in [1.54, 1.807) is 12.1 Å². The minimum Gasteiger partial charge on any atom is -0.484 e. The molecule has 0 spiro atoms. The number of nitrogens with one attached hydrogen (secondary N) is 3. The minimum atomic E-state index is -0.829. The Balaban J connectivity index is 1.56. The smallest absolute Gasteiger partial charge is 0.276 e. The lowest BCUT2D eigenvalue weighted by Gasteiger charge is -2.24. The first kappa shape index (κ1) is 19.3. The molecular weight excluding hydrogens is 365 g/mol. The molecule has 3 amide bonds. The van der Waals surface area contributed by atoms with Crippen molar-refractivity contribution in [1.29, 1.82) is 0 Å². The molecule has 0 saturated carbocycles. The van der Waals surface area contributed by atoms with Crippen LogP contribution in [0.2, 0.25) is 0 Å². The second-order valence-corrected chi connectivity index (χ2v) is 6.69. The fourth-order valence-corrected chi connectivity index (χ4v) is 3.09. The molecule has 3 N–H and O–H groups in total. The van der Waals surface area contributed by atoms with Crippen molar-refractivity contribution in [2.45, 2.75) is 26.2 Å². The molecule has 28 heavy (non-hydrogen) atoms. The molecule has 3 rings (SSSR count). The average molecular weight is 385 g/mol.